The van der Waals surface area contributed by atoms with Crippen LogP contribution in [0.15, 0.2) is 78.9 Å². The Hall–Kier alpha value is -4.18. The van der Waals surface area contributed by atoms with Gasteiger partial charge in [0.2, 0.25) is 10.0 Å². The quantitative estimate of drug-likeness (QED) is 0.155. The second-order valence-corrected chi connectivity index (χ2v) is 14.8. The third-order valence-electron chi connectivity index (χ3n) is 9.64. The molecule has 0 spiro atoms. The molecule has 47 heavy (non-hydrogen) atoms. The van der Waals surface area contributed by atoms with Crippen molar-refractivity contribution in [3.8, 4) is 0 Å². The van der Waals surface area contributed by atoms with Gasteiger partial charge in [-0.1, -0.05) is 54.6 Å². The van der Waals surface area contributed by atoms with Gasteiger partial charge in [-0.15, -0.1) is 0 Å². The zero-order chi connectivity index (χ0) is 33.1. The smallest absolute Gasteiger partial charge is 0.267 e. The van der Waals surface area contributed by atoms with E-state index in [-0.39, 0.29) is 11.7 Å². The lowest BCUT2D eigenvalue weighted by Crippen LogP contribution is -2.33. The molecule has 0 radical (unpaired) electrons. The minimum atomic E-state index is -3.71. The van der Waals surface area contributed by atoms with Crippen LogP contribution in [0.5, 0.6) is 0 Å². The molecule has 1 aliphatic heterocycles. The highest BCUT2D eigenvalue weighted by molar-refractivity contribution is 7.91. The Bertz CT molecular complexity index is 2010. The van der Waals surface area contributed by atoms with Crippen molar-refractivity contribution in [3.05, 3.63) is 112 Å². The van der Waals surface area contributed by atoms with Crippen LogP contribution in [0.1, 0.15) is 57.6 Å². The number of aromatic nitrogens is 1. The molecular weight excluding hydrogens is 607 g/mol. The summed E-state index contributed by atoms with van der Waals surface area (Å²) in [6, 6.07) is 25.5. The number of rotatable bonds is 11. The number of hydrogen-bond acceptors (Lipinski definition) is 5. The number of nitrogens with two attached hydrogens (primary N) is 1. The van der Waals surface area contributed by atoms with Gasteiger partial charge in [0.1, 0.15) is 5.69 Å². The fourth-order valence-electron chi connectivity index (χ4n) is 6.85. The van der Waals surface area contributed by atoms with Crippen LogP contribution in [0.3, 0.4) is 0 Å². The lowest BCUT2D eigenvalue weighted by molar-refractivity contribution is 0.0940. The molecule has 4 aromatic carbocycles. The first kappa shape index (κ1) is 32.7. The summed E-state index contributed by atoms with van der Waals surface area (Å²) >= 11 is 0. The van der Waals surface area contributed by atoms with E-state index < -0.39 is 10.0 Å². The molecule has 0 unspecified atom stereocenters. The number of benzene rings is 4. The summed E-state index contributed by atoms with van der Waals surface area (Å²) in [6.45, 7) is 7.47. The Labute approximate surface area is 278 Å². The van der Waals surface area contributed by atoms with Gasteiger partial charge in [-0.25, -0.2) is 8.42 Å². The van der Waals surface area contributed by atoms with Crippen LogP contribution in [-0.2, 0) is 28.9 Å². The fraction of sp³-hybridized carbons (Fsp3) is 0.342. The summed E-state index contributed by atoms with van der Waals surface area (Å²) in [5.74, 6) is 0.398. The molecule has 1 aliphatic rings. The normalized spacial score (nSPS) is 14.6. The van der Waals surface area contributed by atoms with Crippen LogP contribution >= 0.6 is 0 Å². The van der Waals surface area contributed by atoms with Crippen molar-refractivity contribution in [1.29, 1.82) is 0 Å². The first-order valence-electron chi connectivity index (χ1n) is 16.5. The van der Waals surface area contributed by atoms with Crippen molar-refractivity contribution in [2.24, 2.45) is 11.7 Å². The third-order valence-corrected chi connectivity index (χ3v) is 10.9. The van der Waals surface area contributed by atoms with Gasteiger partial charge in [-0.3, -0.25) is 9.52 Å². The first-order chi connectivity index (χ1) is 22.6. The van der Waals surface area contributed by atoms with Gasteiger partial charge in [-0.05, 0) is 122 Å². The number of carbonyl (C=O) groups excluding carboxylic acids is 1. The zero-order valence-electron chi connectivity index (χ0n) is 27.6. The van der Waals surface area contributed by atoms with Crippen LogP contribution in [-0.4, -0.2) is 50.5 Å². The highest BCUT2D eigenvalue weighted by atomic mass is 32.2. The van der Waals surface area contributed by atoms with Crippen LogP contribution in [0.4, 0.5) is 5.69 Å². The van der Waals surface area contributed by atoms with Crippen LogP contribution in [0, 0.1) is 19.8 Å². The van der Waals surface area contributed by atoms with Crippen LogP contribution in [0.2, 0.25) is 0 Å². The second-order valence-electron chi connectivity index (χ2n) is 13.1. The molecule has 8 nitrogen and oxygen atoms in total. The van der Waals surface area contributed by atoms with E-state index in [2.05, 4.69) is 22.0 Å². The van der Waals surface area contributed by atoms with Crippen molar-refractivity contribution < 1.29 is 13.2 Å². The van der Waals surface area contributed by atoms with Crippen molar-refractivity contribution in [1.82, 2.24) is 14.8 Å². The van der Waals surface area contributed by atoms with Gasteiger partial charge < -0.3 is 20.5 Å². The van der Waals surface area contributed by atoms with E-state index in [4.69, 9.17) is 5.73 Å². The molecule has 1 saturated heterocycles. The summed E-state index contributed by atoms with van der Waals surface area (Å²) in [5.41, 5.74) is 12.6. The Balaban J connectivity index is 1.32. The molecule has 1 amide bonds. The molecule has 2 heterocycles. The van der Waals surface area contributed by atoms with Crippen molar-refractivity contribution in [2.75, 3.05) is 31.4 Å². The average molecular weight is 652 g/mol. The summed E-state index contributed by atoms with van der Waals surface area (Å²) in [4.78, 5) is 16.1. The standard InChI is InChI=1S/C38H45N5O3S/c1-26-7-6-8-27(2)35(26)25-47(45,46)41-33-20-30-9-4-5-10-34(30)32(21-33)24-43-36-19-29(23-39)11-12-31(36)22-37(43)38(44)40-16-13-28-14-17-42(3)18-15-28/h4-12,19-22,28,41H,13-18,23-25,39H2,1-3H3,(H,40,44). The molecule has 6 rings (SSSR count). The van der Waals surface area contributed by atoms with Gasteiger partial charge in [-0.2, -0.15) is 0 Å². The summed E-state index contributed by atoms with van der Waals surface area (Å²) in [7, 11) is -1.55. The number of amides is 1. The molecule has 9 heteroatoms. The molecule has 0 atom stereocenters. The molecule has 246 valence electrons. The van der Waals surface area contributed by atoms with Crippen molar-refractivity contribution in [3.63, 3.8) is 0 Å². The maximum Gasteiger partial charge on any atom is 0.267 e. The molecule has 0 bridgehead atoms. The number of fused-ring (bicyclic) bond motifs is 2. The number of piperidine rings is 1. The third kappa shape index (κ3) is 7.53. The van der Waals surface area contributed by atoms with Gasteiger partial charge in [0.25, 0.3) is 5.91 Å². The van der Waals surface area contributed by atoms with Gasteiger partial charge >= 0.3 is 0 Å². The number of aryl methyl sites for hydroxylation is 2. The molecule has 1 fully saturated rings. The number of likely N-dealkylation sites (tertiary alicyclic amines) is 1. The van der Waals surface area contributed by atoms with E-state index in [9.17, 15) is 13.2 Å². The number of hydrogen-bond donors (Lipinski definition) is 3. The molecule has 4 N–H and O–H groups in total. The average Bonchev–Trinajstić information content (AvgIpc) is 3.41. The Kier molecular flexibility index (Phi) is 9.68. The number of nitrogens with one attached hydrogen (secondary N) is 2. The maximum absolute atomic E-state index is 13.8. The predicted molar refractivity (Wildman–Crippen MR) is 192 cm³/mol. The molecule has 5 aromatic rings. The zero-order valence-corrected chi connectivity index (χ0v) is 28.4. The van der Waals surface area contributed by atoms with Crippen molar-refractivity contribution in [2.45, 2.75) is 52.0 Å². The topological polar surface area (TPSA) is 109 Å². The SMILES string of the molecule is Cc1cccc(C)c1CS(=O)(=O)Nc1cc(Cn2c(C(=O)NCCC3CCN(C)CC3)cc3ccc(CN)cc32)c2ccccc2c1. The highest BCUT2D eigenvalue weighted by Gasteiger charge is 2.21. The van der Waals surface area contributed by atoms with Crippen molar-refractivity contribution >= 4 is 43.3 Å². The predicted octanol–water partition coefficient (Wildman–Crippen LogP) is 6.32. The Morgan fingerprint density at radius 3 is 2.40 bits per heavy atom. The number of anilines is 1. The molecule has 0 aliphatic carbocycles. The summed E-state index contributed by atoms with van der Waals surface area (Å²) in [6.07, 6.45) is 3.28. The van der Waals surface area contributed by atoms with E-state index in [0.717, 1.165) is 81.8 Å². The van der Waals surface area contributed by atoms with Crippen LogP contribution in [0.25, 0.3) is 21.7 Å². The number of nitrogens with zero attached hydrogens (tertiary/aromatic N) is 2. The monoisotopic (exact) mass is 651 g/mol. The molecule has 0 saturated carbocycles. The lowest BCUT2D eigenvalue weighted by Gasteiger charge is -2.28. The molecule has 1 aromatic heterocycles. The van der Waals surface area contributed by atoms with E-state index in [1.807, 2.05) is 97.3 Å². The van der Waals surface area contributed by atoms with E-state index in [0.29, 0.717) is 36.9 Å². The fourth-order valence-corrected chi connectivity index (χ4v) is 8.23. The second kappa shape index (κ2) is 13.9. The lowest BCUT2D eigenvalue weighted by atomic mass is 9.94. The number of carbonyl (C=O) groups is 1. The van der Waals surface area contributed by atoms with E-state index >= 15 is 0 Å². The highest BCUT2D eigenvalue weighted by Crippen LogP contribution is 2.30. The van der Waals surface area contributed by atoms with Gasteiger partial charge in [0, 0.05) is 36.2 Å². The van der Waals surface area contributed by atoms with Crippen LogP contribution < -0.4 is 15.8 Å². The minimum Gasteiger partial charge on any atom is -0.351 e. The summed E-state index contributed by atoms with van der Waals surface area (Å²) in [5, 5.41) is 6.06. The first-order valence-corrected chi connectivity index (χ1v) is 18.1. The van der Waals surface area contributed by atoms with Gasteiger partial charge in [0.05, 0.1) is 5.75 Å². The number of sulfonamides is 1. The Morgan fingerprint density at radius 2 is 1.66 bits per heavy atom. The Morgan fingerprint density at radius 1 is 0.915 bits per heavy atom. The maximum atomic E-state index is 13.8. The summed E-state index contributed by atoms with van der Waals surface area (Å²) < 4.78 is 31.8. The largest absolute Gasteiger partial charge is 0.351 e. The van der Waals surface area contributed by atoms with E-state index in [1.54, 1.807) is 0 Å². The minimum absolute atomic E-state index is 0.111. The van der Waals surface area contributed by atoms with Gasteiger partial charge in [0.15, 0.2) is 0 Å². The molecular formula is C38H45N5O3S. The van der Waals surface area contributed by atoms with E-state index in [1.165, 1.54) is 0 Å².